The summed E-state index contributed by atoms with van der Waals surface area (Å²) in [4.78, 5) is 49.8. The Morgan fingerprint density at radius 2 is 1.29 bits per heavy atom. The van der Waals surface area contributed by atoms with Gasteiger partial charge in [-0.05, 0) is 56.2 Å². The number of hydrogen-bond donors (Lipinski definition) is 1. The molecule has 2 unspecified atom stereocenters. The molecule has 0 bridgehead atoms. The number of carbonyl (C=O) groups is 4. The Morgan fingerprint density at radius 1 is 0.762 bits per heavy atom. The predicted molar refractivity (Wildman–Crippen MR) is 153 cm³/mol. The van der Waals surface area contributed by atoms with Crippen LogP contribution in [0.25, 0.3) is 0 Å². The average molecular weight is 598 g/mol. The highest BCUT2D eigenvalue weighted by atomic mass is 16.8. The smallest absolute Gasteiger partial charge is 0.468 e. The number of hydrogen-bond acceptors (Lipinski definition) is 12. The van der Waals surface area contributed by atoms with Crippen molar-refractivity contribution >= 4 is 24.4 Å². The van der Waals surface area contributed by atoms with E-state index in [1.165, 1.54) is 25.3 Å². The van der Waals surface area contributed by atoms with Crippen LogP contribution in [0.2, 0.25) is 0 Å². The van der Waals surface area contributed by atoms with Gasteiger partial charge in [-0.15, -0.1) is 0 Å². The van der Waals surface area contributed by atoms with Gasteiger partial charge in [0.15, 0.2) is 11.5 Å². The van der Waals surface area contributed by atoms with Gasteiger partial charge < -0.3 is 38.9 Å². The zero-order valence-corrected chi connectivity index (χ0v) is 26.4. The van der Waals surface area contributed by atoms with Crippen LogP contribution in [-0.2, 0) is 34.9 Å². The van der Waals surface area contributed by atoms with Crippen molar-refractivity contribution in [3.8, 4) is 11.5 Å². The van der Waals surface area contributed by atoms with Crippen molar-refractivity contribution in [2.75, 3.05) is 13.7 Å². The van der Waals surface area contributed by atoms with Gasteiger partial charge in [-0.3, -0.25) is 4.79 Å². The van der Waals surface area contributed by atoms with Crippen LogP contribution in [0.15, 0.2) is 18.2 Å². The predicted octanol–water partition coefficient (Wildman–Crippen LogP) is 5.81. The summed E-state index contributed by atoms with van der Waals surface area (Å²) in [5.74, 6) is -0.839. The van der Waals surface area contributed by atoms with Gasteiger partial charge in [-0.2, -0.15) is 0 Å². The normalized spacial score (nSPS) is 14.8. The third-order valence-corrected chi connectivity index (χ3v) is 6.43. The topological polar surface area (TPSA) is 159 Å². The summed E-state index contributed by atoms with van der Waals surface area (Å²) >= 11 is 0. The van der Waals surface area contributed by atoms with Crippen LogP contribution < -0.4 is 15.2 Å². The molecule has 238 valence electrons. The maximum atomic E-state index is 12.8. The number of ether oxygens (including phenoxy) is 7. The Kier molecular flexibility index (Phi) is 14.6. The quantitative estimate of drug-likeness (QED) is 0.156. The highest BCUT2D eigenvalue weighted by molar-refractivity contribution is 5.81. The van der Waals surface area contributed by atoms with E-state index >= 15 is 0 Å². The van der Waals surface area contributed by atoms with E-state index in [0.29, 0.717) is 5.56 Å². The van der Waals surface area contributed by atoms with E-state index < -0.39 is 48.3 Å². The molecule has 2 N–H and O–H groups in total. The number of methoxy groups -OCH3 is 1. The molecule has 0 spiro atoms. The number of benzene rings is 1. The van der Waals surface area contributed by atoms with Crippen LogP contribution in [0.3, 0.4) is 0 Å². The molecule has 0 aliphatic rings. The molecule has 0 aromatic heterocycles. The van der Waals surface area contributed by atoms with E-state index in [9.17, 15) is 19.2 Å². The molecule has 1 aromatic carbocycles. The van der Waals surface area contributed by atoms with Gasteiger partial charge in [-0.1, -0.05) is 47.6 Å². The molecule has 0 aliphatic heterocycles. The lowest BCUT2D eigenvalue weighted by molar-refractivity contribution is -0.148. The van der Waals surface area contributed by atoms with Crippen LogP contribution in [-0.4, -0.2) is 62.0 Å². The van der Waals surface area contributed by atoms with Crippen LogP contribution in [0.5, 0.6) is 11.5 Å². The minimum Gasteiger partial charge on any atom is -0.468 e. The van der Waals surface area contributed by atoms with Crippen LogP contribution in [0, 0.1) is 17.8 Å². The SMILES string of the molecule is COC(=O)C(N)(Cc1ccc(OC(=O)O[C@@H](C)C(C)C)c(OC(=O)OC(C)C(C)C)c1)C[C@H](C)OC(=O)OCC(C)C. The molecule has 0 amide bonds. The van der Waals surface area contributed by atoms with Gasteiger partial charge in [0.2, 0.25) is 0 Å². The van der Waals surface area contributed by atoms with Gasteiger partial charge in [0.05, 0.1) is 13.7 Å². The molecule has 42 heavy (non-hydrogen) atoms. The Labute approximate surface area is 248 Å². The Bertz CT molecular complexity index is 1060. The van der Waals surface area contributed by atoms with Crippen LogP contribution in [0.1, 0.15) is 74.3 Å². The van der Waals surface area contributed by atoms with Crippen LogP contribution in [0.4, 0.5) is 14.4 Å². The standard InChI is InChI=1S/C30H47NO11/c1-17(2)16-37-27(33)38-20(7)14-30(31,26(32)36-10)15-23-11-12-24(41-28(34)39-21(8)18(3)4)25(13-23)42-29(35)40-22(9)19(5)6/h11-13,17-22H,14-16,31H2,1-10H3/t20-,21-,22?,30?/m0/s1. The molecule has 0 saturated heterocycles. The fourth-order valence-electron chi connectivity index (χ4n) is 3.41. The summed E-state index contributed by atoms with van der Waals surface area (Å²) < 4.78 is 36.6. The van der Waals surface area contributed by atoms with Crippen molar-refractivity contribution in [3.05, 3.63) is 23.8 Å². The lowest BCUT2D eigenvalue weighted by Crippen LogP contribution is -2.53. The summed E-state index contributed by atoms with van der Waals surface area (Å²) in [5, 5.41) is 0. The molecule has 0 aliphatic carbocycles. The lowest BCUT2D eigenvalue weighted by atomic mass is 9.86. The number of carbonyl (C=O) groups excluding carboxylic acids is 4. The highest BCUT2D eigenvalue weighted by Crippen LogP contribution is 2.32. The summed E-state index contributed by atoms with van der Waals surface area (Å²) in [6.07, 6.45) is -4.80. The molecule has 1 aromatic rings. The highest BCUT2D eigenvalue weighted by Gasteiger charge is 2.38. The summed E-state index contributed by atoms with van der Waals surface area (Å²) in [6.45, 7) is 16.5. The van der Waals surface area contributed by atoms with Crippen molar-refractivity contribution in [2.45, 2.75) is 99.0 Å². The first-order valence-corrected chi connectivity index (χ1v) is 14.1. The van der Waals surface area contributed by atoms with Gasteiger partial charge in [0.1, 0.15) is 23.9 Å². The molecule has 4 atom stereocenters. The zero-order valence-electron chi connectivity index (χ0n) is 26.4. The van der Waals surface area contributed by atoms with Crippen molar-refractivity contribution in [1.29, 1.82) is 0 Å². The fourth-order valence-corrected chi connectivity index (χ4v) is 3.41. The largest absolute Gasteiger partial charge is 0.514 e. The number of nitrogens with two attached hydrogens (primary N) is 1. The second-order valence-corrected chi connectivity index (χ2v) is 11.5. The number of rotatable bonds is 14. The molecule has 0 saturated carbocycles. The first-order valence-electron chi connectivity index (χ1n) is 14.1. The van der Waals surface area contributed by atoms with Crippen molar-refractivity contribution in [2.24, 2.45) is 23.5 Å². The average Bonchev–Trinajstić information content (AvgIpc) is 2.87. The molecule has 12 nitrogen and oxygen atoms in total. The van der Waals surface area contributed by atoms with E-state index in [2.05, 4.69) is 0 Å². The minimum atomic E-state index is -1.65. The monoisotopic (exact) mass is 597 g/mol. The summed E-state index contributed by atoms with van der Waals surface area (Å²) in [7, 11) is 1.19. The summed E-state index contributed by atoms with van der Waals surface area (Å²) in [5.41, 5.74) is 5.27. The molecule has 0 radical (unpaired) electrons. The van der Waals surface area contributed by atoms with Crippen molar-refractivity contribution in [1.82, 2.24) is 0 Å². The molecule has 0 fully saturated rings. The third-order valence-electron chi connectivity index (χ3n) is 6.43. The zero-order chi connectivity index (χ0) is 32.2. The maximum absolute atomic E-state index is 12.8. The lowest BCUT2D eigenvalue weighted by Gasteiger charge is -2.29. The van der Waals surface area contributed by atoms with Crippen molar-refractivity contribution < 1.29 is 52.3 Å². The maximum Gasteiger partial charge on any atom is 0.514 e. The fraction of sp³-hybridized carbons (Fsp3) is 0.667. The molecule has 12 heteroatoms. The molecular formula is C30H47NO11. The Hall–Kier alpha value is -3.54. The Balaban J connectivity index is 3.26. The minimum absolute atomic E-state index is 0.0249. The van der Waals surface area contributed by atoms with Gasteiger partial charge >= 0.3 is 24.4 Å². The first-order chi connectivity index (χ1) is 19.5. The molecule has 1 rings (SSSR count). The van der Waals surface area contributed by atoms with E-state index in [0.717, 1.165) is 0 Å². The third kappa shape index (κ3) is 12.5. The Morgan fingerprint density at radius 3 is 1.76 bits per heavy atom. The summed E-state index contributed by atoms with van der Waals surface area (Å²) in [6, 6.07) is 4.31. The van der Waals surface area contributed by atoms with E-state index in [1.807, 2.05) is 41.5 Å². The molecular weight excluding hydrogens is 550 g/mol. The van der Waals surface area contributed by atoms with Gasteiger partial charge in [0.25, 0.3) is 0 Å². The van der Waals surface area contributed by atoms with Gasteiger partial charge in [0, 0.05) is 12.8 Å². The van der Waals surface area contributed by atoms with Crippen molar-refractivity contribution in [3.63, 3.8) is 0 Å². The van der Waals surface area contributed by atoms with E-state index in [-0.39, 0.29) is 48.7 Å². The van der Waals surface area contributed by atoms with E-state index in [1.54, 1.807) is 20.8 Å². The number of esters is 1. The molecule has 0 heterocycles. The first kappa shape index (κ1) is 36.5. The van der Waals surface area contributed by atoms with E-state index in [4.69, 9.17) is 38.9 Å². The second kappa shape index (κ2) is 16.8. The van der Waals surface area contributed by atoms with Gasteiger partial charge in [-0.25, -0.2) is 14.4 Å². The second-order valence-electron chi connectivity index (χ2n) is 11.5. The van der Waals surface area contributed by atoms with Crippen LogP contribution >= 0.6 is 0 Å².